The predicted molar refractivity (Wildman–Crippen MR) is 94.4 cm³/mol. The Hall–Kier alpha value is -1.63. The summed E-state index contributed by atoms with van der Waals surface area (Å²) < 4.78 is 0. The van der Waals surface area contributed by atoms with Crippen LogP contribution < -0.4 is 10.6 Å². The number of nitrogens with one attached hydrogen (secondary N) is 2. The van der Waals surface area contributed by atoms with Crippen LogP contribution in [0.15, 0.2) is 0 Å². The second-order valence-corrected chi connectivity index (χ2v) is 9.14. The van der Waals surface area contributed by atoms with Gasteiger partial charge < -0.3 is 10.4 Å². The number of nitrogens with zero attached hydrogens (tertiary/aromatic N) is 1. The molecule has 5 aliphatic rings. The molecule has 144 valence electrons. The van der Waals surface area contributed by atoms with Crippen LogP contribution in [0.5, 0.6) is 0 Å². The van der Waals surface area contributed by atoms with Crippen LogP contribution in [-0.2, 0) is 9.59 Å². The van der Waals surface area contributed by atoms with Crippen molar-refractivity contribution < 1.29 is 19.5 Å². The van der Waals surface area contributed by atoms with Crippen molar-refractivity contribution >= 4 is 17.9 Å². The van der Waals surface area contributed by atoms with E-state index in [1.807, 2.05) is 4.90 Å². The van der Waals surface area contributed by atoms with Gasteiger partial charge in [-0.3, -0.25) is 19.8 Å². The van der Waals surface area contributed by atoms with Gasteiger partial charge in [0.25, 0.3) is 0 Å². The zero-order valence-electron chi connectivity index (χ0n) is 15.4. The molecule has 0 aromatic heterocycles. The van der Waals surface area contributed by atoms with Crippen molar-refractivity contribution in [2.45, 2.75) is 63.5 Å². The molecule has 4 bridgehead atoms. The minimum absolute atomic E-state index is 0.121. The number of hydrogen-bond acceptors (Lipinski definition) is 4. The zero-order chi connectivity index (χ0) is 18.5. The molecule has 1 aliphatic heterocycles. The fourth-order valence-corrected chi connectivity index (χ4v) is 6.26. The van der Waals surface area contributed by atoms with E-state index >= 15 is 0 Å². The minimum atomic E-state index is -0.820. The molecule has 0 aromatic carbocycles. The summed E-state index contributed by atoms with van der Waals surface area (Å²) in [6.07, 6.45) is 7.59. The summed E-state index contributed by atoms with van der Waals surface area (Å²) in [4.78, 5) is 37.8. The lowest BCUT2D eigenvalue weighted by Crippen LogP contribution is -2.62. The second kappa shape index (κ2) is 6.51. The maximum absolute atomic E-state index is 12.5. The maximum atomic E-state index is 12.5. The van der Waals surface area contributed by atoms with Crippen LogP contribution in [0.25, 0.3) is 0 Å². The Labute approximate surface area is 153 Å². The number of carbonyl (C=O) groups is 3. The molecular weight excluding hydrogens is 334 g/mol. The molecule has 3 N–H and O–H groups in total. The molecular formula is C19H29N3O4. The summed E-state index contributed by atoms with van der Waals surface area (Å²) in [6.45, 7) is 2.67. The number of urea groups is 1. The van der Waals surface area contributed by atoms with Crippen LogP contribution >= 0.6 is 0 Å². The Kier molecular flexibility index (Phi) is 4.45. The molecule has 5 rings (SSSR count). The number of amides is 3. The van der Waals surface area contributed by atoms with Gasteiger partial charge in [-0.2, -0.15) is 0 Å². The molecule has 26 heavy (non-hydrogen) atoms. The van der Waals surface area contributed by atoms with Crippen molar-refractivity contribution in [3.05, 3.63) is 0 Å². The summed E-state index contributed by atoms with van der Waals surface area (Å²) >= 11 is 0. The SMILES string of the molecule is CC(C(=O)NC(=O)NC12CC3CC(CC(C3)C1)C2)N1CCC(C(=O)O)C1. The lowest BCUT2D eigenvalue weighted by Gasteiger charge is -2.56. The van der Waals surface area contributed by atoms with Crippen LogP contribution in [-0.4, -0.2) is 52.6 Å². The number of likely N-dealkylation sites (tertiary alicyclic amines) is 1. The minimum Gasteiger partial charge on any atom is -0.481 e. The number of carbonyl (C=O) groups excluding carboxylic acids is 2. The lowest BCUT2D eigenvalue weighted by molar-refractivity contribution is -0.141. The van der Waals surface area contributed by atoms with E-state index in [0.29, 0.717) is 19.5 Å². The highest BCUT2D eigenvalue weighted by atomic mass is 16.4. The molecule has 2 unspecified atom stereocenters. The predicted octanol–water partition coefficient (Wildman–Crippen LogP) is 1.58. The van der Waals surface area contributed by atoms with Gasteiger partial charge >= 0.3 is 12.0 Å². The first-order valence-electron chi connectivity index (χ1n) is 9.93. The van der Waals surface area contributed by atoms with Crippen molar-refractivity contribution in [1.29, 1.82) is 0 Å². The number of carboxylic acid groups (broad SMARTS) is 1. The summed E-state index contributed by atoms with van der Waals surface area (Å²) in [7, 11) is 0. The molecule has 1 saturated heterocycles. The molecule has 4 aliphatic carbocycles. The third kappa shape index (κ3) is 3.33. The van der Waals surface area contributed by atoms with Gasteiger partial charge in [0.05, 0.1) is 12.0 Å². The largest absolute Gasteiger partial charge is 0.481 e. The highest BCUT2D eigenvalue weighted by Crippen LogP contribution is 2.55. The second-order valence-electron chi connectivity index (χ2n) is 9.14. The van der Waals surface area contributed by atoms with Crippen LogP contribution in [0.3, 0.4) is 0 Å². The summed E-state index contributed by atoms with van der Waals surface area (Å²) in [5.41, 5.74) is -0.121. The maximum Gasteiger partial charge on any atom is 0.321 e. The fraction of sp³-hybridized carbons (Fsp3) is 0.842. The number of imide groups is 1. The Balaban J connectivity index is 1.31. The van der Waals surface area contributed by atoms with Crippen LogP contribution in [0, 0.1) is 23.7 Å². The van der Waals surface area contributed by atoms with Gasteiger partial charge in [0, 0.05) is 12.1 Å². The molecule has 0 spiro atoms. The van der Waals surface area contributed by atoms with Gasteiger partial charge in [-0.25, -0.2) is 4.79 Å². The van der Waals surface area contributed by atoms with E-state index in [2.05, 4.69) is 10.6 Å². The van der Waals surface area contributed by atoms with E-state index in [-0.39, 0.29) is 11.4 Å². The van der Waals surface area contributed by atoms with E-state index in [4.69, 9.17) is 5.11 Å². The molecule has 1 heterocycles. The Morgan fingerprint density at radius 3 is 2.15 bits per heavy atom. The van der Waals surface area contributed by atoms with E-state index in [1.54, 1.807) is 6.92 Å². The van der Waals surface area contributed by atoms with E-state index in [9.17, 15) is 14.4 Å². The normalized spacial score (nSPS) is 39.6. The standard InChI is InChI=1S/C19H29N3O4/c1-11(22-3-2-15(10-22)17(24)25)16(23)20-18(26)21-19-7-12-4-13(8-19)6-14(5-12)9-19/h11-15H,2-10H2,1H3,(H,24,25)(H2,20,21,23,26). The van der Waals surface area contributed by atoms with E-state index < -0.39 is 24.0 Å². The van der Waals surface area contributed by atoms with Crippen molar-refractivity contribution in [2.75, 3.05) is 13.1 Å². The van der Waals surface area contributed by atoms with Crippen LogP contribution in [0.2, 0.25) is 0 Å². The third-order valence-corrected chi connectivity index (χ3v) is 7.15. The van der Waals surface area contributed by atoms with E-state index in [1.165, 1.54) is 19.3 Å². The van der Waals surface area contributed by atoms with Gasteiger partial charge in [0.2, 0.25) is 5.91 Å². The topological polar surface area (TPSA) is 98.7 Å². The van der Waals surface area contributed by atoms with Gasteiger partial charge in [0.15, 0.2) is 0 Å². The van der Waals surface area contributed by atoms with E-state index in [0.717, 1.165) is 37.0 Å². The molecule has 0 radical (unpaired) electrons. The zero-order valence-corrected chi connectivity index (χ0v) is 15.4. The fourth-order valence-electron chi connectivity index (χ4n) is 6.26. The Morgan fingerprint density at radius 2 is 1.65 bits per heavy atom. The first kappa shape index (κ1) is 17.8. The van der Waals surface area contributed by atoms with Gasteiger partial charge in [0.1, 0.15) is 0 Å². The highest BCUT2D eigenvalue weighted by Gasteiger charge is 2.51. The third-order valence-electron chi connectivity index (χ3n) is 7.15. The van der Waals surface area contributed by atoms with Gasteiger partial charge in [-0.05, 0) is 76.2 Å². The molecule has 4 saturated carbocycles. The average Bonchev–Trinajstić information content (AvgIpc) is 3.02. The van der Waals surface area contributed by atoms with Crippen LogP contribution in [0.4, 0.5) is 4.79 Å². The highest BCUT2D eigenvalue weighted by molar-refractivity contribution is 5.97. The monoisotopic (exact) mass is 363 g/mol. The van der Waals surface area contributed by atoms with Crippen molar-refractivity contribution in [1.82, 2.24) is 15.5 Å². The summed E-state index contributed by atoms with van der Waals surface area (Å²) in [5.74, 6) is 0.597. The number of aliphatic carboxylic acids is 1. The van der Waals surface area contributed by atoms with Crippen molar-refractivity contribution in [3.8, 4) is 0 Å². The number of hydrogen-bond donors (Lipinski definition) is 3. The molecule has 2 atom stereocenters. The smallest absolute Gasteiger partial charge is 0.321 e. The van der Waals surface area contributed by atoms with Crippen molar-refractivity contribution in [2.24, 2.45) is 23.7 Å². The van der Waals surface area contributed by atoms with Crippen molar-refractivity contribution in [3.63, 3.8) is 0 Å². The average molecular weight is 363 g/mol. The number of carboxylic acids is 1. The first-order valence-corrected chi connectivity index (χ1v) is 9.93. The van der Waals surface area contributed by atoms with Gasteiger partial charge in [-0.1, -0.05) is 0 Å². The van der Waals surface area contributed by atoms with Crippen LogP contribution in [0.1, 0.15) is 51.9 Å². The lowest BCUT2D eigenvalue weighted by atomic mass is 9.53. The quantitative estimate of drug-likeness (QED) is 0.704. The molecule has 7 heteroatoms. The Bertz CT molecular complexity index is 585. The number of rotatable bonds is 4. The first-order chi connectivity index (χ1) is 12.3. The molecule has 5 fully saturated rings. The summed E-state index contributed by atoms with van der Waals surface area (Å²) in [6, 6.07) is -0.890. The molecule has 0 aromatic rings. The molecule has 3 amide bonds. The summed E-state index contributed by atoms with van der Waals surface area (Å²) in [5, 5.41) is 14.7. The Morgan fingerprint density at radius 1 is 1.08 bits per heavy atom. The molecule has 7 nitrogen and oxygen atoms in total. The van der Waals surface area contributed by atoms with Gasteiger partial charge in [-0.15, -0.1) is 0 Å².